The van der Waals surface area contributed by atoms with Gasteiger partial charge in [-0.25, -0.2) is 15.8 Å². The van der Waals surface area contributed by atoms with Gasteiger partial charge in [0, 0.05) is 5.56 Å². The summed E-state index contributed by atoms with van der Waals surface area (Å²) in [6.45, 7) is 3.10. The van der Waals surface area contributed by atoms with Gasteiger partial charge in [-0.3, -0.25) is 0 Å². The molecule has 0 aliphatic heterocycles. The molecule has 4 N–H and O–H groups in total. The van der Waals surface area contributed by atoms with E-state index >= 15 is 0 Å². The molecule has 1 heterocycles. The summed E-state index contributed by atoms with van der Waals surface area (Å²) >= 11 is 0. The molecule has 0 unspecified atom stereocenters. The Kier molecular flexibility index (Phi) is 4.52. The van der Waals surface area contributed by atoms with E-state index in [1.807, 2.05) is 37.3 Å². The number of aromatic nitrogens is 2. The molecule has 0 saturated heterocycles. The second kappa shape index (κ2) is 6.55. The first-order chi connectivity index (χ1) is 9.31. The Morgan fingerprint density at radius 3 is 2.63 bits per heavy atom. The first-order valence-electron chi connectivity index (χ1n) is 6.01. The molecule has 0 aliphatic rings. The molecule has 19 heavy (non-hydrogen) atoms. The van der Waals surface area contributed by atoms with Crippen LogP contribution in [0.3, 0.4) is 0 Å². The van der Waals surface area contributed by atoms with E-state index in [2.05, 4.69) is 20.7 Å². The van der Waals surface area contributed by atoms with Crippen LogP contribution in [0.2, 0.25) is 0 Å². The summed E-state index contributed by atoms with van der Waals surface area (Å²) in [6.07, 6.45) is 1.46. The molecule has 1 aromatic heterocycles. The van der Waals surface area contributed by atoms with Crippen LogP contribution in [0, 0.1) is 6.92 Å². The van der Waals surface area contributed by atoms with Crippen molar-refractivity contribution in [2.75, 3.05) is 23.9 Å². The van der Waals surface area contributed by atoms with Crippen molar-refractivity contribution in [2.45, 2.75) is 6.92 Å². The quantitative estimate of drug-likeness (QED) is 0.415. The molecule has 2 aromatic rings. The number of para-hydroxylation sites is 1. The Labute approximate surface area is 112 Å². The topological polar surface area (TPSA) is 85.1 Å². The number of benzene rings is 1. The van der Waals surface area contributed by atoms with Crippen molar-refractivity contribution in [1.29, 1.82) is 0 Å². The lowest BCUT2D eigenvalue weighted by Crippen LogP contribution is -2.16. The van der Waals surface area contributed by atoms with Gasteiger partial charge in [-0.05, 0) is 19.1 Å². The molecule has 6 nitrogen and oxygen atoms in total. The number of anilines is 2. The van der Waals surface area contributed by atoms with Crippen molar-refractivity contribution < 1.29 is 4.74 Å². The third-order valence-electron chi connectivity index (χ3n) is 2.63. The predicted molar refractivity (Wildman–Crippen MR) is 75.0 cm³/mol. The Hall–Kier alpha value is -2.34. The van der Waals surface area contributed by atoms with Crippen LogP contribution in [0.5, 0.6) is 5.75 Å². The summed E-state index contributed by atoms with van der Waals surface area (Å²) in [6, 6.07) is 9.68. The van der Waals surface area contributed by atoms with E-state index < -0.39 is 0 Å². The van der Waals surface area contributed by atoms with Gasteiger partial charge in [0.25, 0.3) is 0 Å². The Morgan fingerprint density at radius 2 is 1.89 bits per heavy atom. The Morgan fingerprint density at radius 1 is 1.16 bits per heavy atom. The van der Waals surface area contributed by atoms with E-state index in [0.717, 1.165) is 17.1 Å². The molecule has 0 radical (unpaired) electrons. The number of nitrogens with one attached hydrogen (secondary N) is 2. The number of ether oxygens (including phenoxy) is 1. The maximum Gasteiger partial charge on any atom is 0.148 e. The van der Waals surface area contributed by atoms with Crippen LogP contribution in [0.4, 0.5) is 11.6 Å². The molecule has 0 saturated carbocycles. The molecule has 0 bridgehead atoms. The molecule has 0 atom stereocenters. The molecule has 0 aliphatic carbocycles. The molecule has 6 heteroatoms. The van der Waals surface area contributed by atoms with Gasteiger partial charge in [0.1, 0.15) is 30.3 Å². The van der Waals surface area contributed by atoms with Gasteiger partial charge in [0.15, 0.2) is 0 Å². The monoisotopic (exact) mass is 259 g/mol. The number of hydrogen-bond donors (Lipinski definition) is 3. The van der Waals surface area contributed by atoms with Gasteiger partial charge in [-0.1, -0.05) is 18.2 Å². The van der Waals surface area contributed by atoms with Crippen LogP contribution >= 0.6 is 0 Å². The smallest absolute Gasteiger partial charge is 0.148 e. The maximum atomic E-state index is 5.58. The minimum atomic E-state index is 0.554. The zero-order chi connectivity index (χ0) is 13.5. The van der Waals surface area contributed by atoms with Gasteiger partial charge in [-0.15, -0.1) is 0 Å². The van der Waals surface area contributed by atoms with Crippen molar-refractivity contribution in [3.63, 3.8) is 0 Å². The van der Waals surface area contributed by atoms with Crippen LogP contribution in [0.25, 0.3) is 0 Å². The zero-order valence-electron chi connectivity index (χ0n) is 10.8. The highest BCUT2D eigenvalue weighted by Crippen LogP contribution is 2.16. The van der Waals surface area contributed by atoms with Crippen LogP contribution in [0.15, 0.2) is 36.7 Å². The van der Waals surface area contributed by atoms with Gasteiger partial charge < -0.3 is 15.5 Å². The second-order valence-corrected chi connectivity index (χ2v) is 3.93. The van der Waals surface area contributed by atoms with E-state index in [4.69, 9.17) is 10.6 Å². The SMILES string of the molecule is Cc1c(NN)ncnc1NCCOc1ccccc1. The minimum Gasteiger partial charge on any atom is -0.492 e. The fourth-order valence-electron chi connectivity index (χ4n) is 1.63. The molecule has 0 spiro atoms. The van der Waals surface area contributed by atoms with Crippen molar-refractivity contribution in [3.8, 4) is 5.75 Å². The van der Waals surface area contributed by atoms with E-state index in [0.29, 0.717) is 19.0 Å². The van der Waals surface area contributed by atoms with Gasteiger partial charge >= 0.3 is 0 Å². The Balaban J connectivity index is 1.83. The summed E-state index contributed by atoms with van der Waals surface area (Å²) in [5.41, 5.74) is 3.41. The Bertz CT molecular complexity index is 518. The van der Waals surface area contributed by atoms with Crippen LogP contribution < -0.4 is 21.3 Å². The first kappa shape index (κ1) is 13.1. The summed E-state index contributed by atoms with van der Waals surface area (Å²) in [7, 11) is 0. The second-order valence-electron chi connectivity index (χ2n) is 3.93. The number of nitrogens with two attached hydrogens (primary N) is 1. The number of rotatable bonds is 6. The summed E-state index contributed by atoms with van der Waals surface area (Å²) in [5.74, 6) is 7.57. The minimum absolute atomic E-state index is 0.554. The van der Waals surface area contributed by atoms with Crippen LogP contribution in [0.1, 0.15) is 5.56 Å². The summed E-state index contributed by atoms with van der Waals surface area (Å²) < 4.78 is 5.58. The molecular weight excluding hydrogens is 242 g/mol. The third-order valence-corrected chi connectivity index (χ3v) is 2.63. The largest absolute Gasteiger partial charge is 0.492 e. The number of nitrogen functional groups attached to an aromatic ring is 1. The lowest BCUT2D eigenvalue weighted by Gasteiger charge is -2.11. The lowest BCUT2D eigenvalue weighted by molar-refractivity contribution is 0.332. The number of nitrogens with zero attached hydrogens (tertiary/aromatic N) is 2. The molecule has 100 valence electrons. The number of hydrogen-bond acceptors (Lipinski definition) is 6. The van der Waals surface area contributed by atoms with Crippen molar-refractivity contribution in [3.05, 3.63) is 42.2 Å². The average Bonchev–Trinajstić information content (AvgIpc) is 2.46. The fraction of sp³-hybridized carbons (Fsp3) is 0.231. The lowest BCUT2D eigenvalue weighted by atomic mass is 10.3. The standard InChI is InChI=1S/C13H17N5O/c1-10-12(16-9-17-13(10)18-14)15-7-8-19-11-5-3-2-4-6-11/h2-6,9H,7-8,14H2,1H3,(H2,15,16,17,18). The van der Waals surface area contributed by atoms with Gasteiger partial charge in [-0.2, -0.15) is 0 Å². The van der Waals surface area contributed by atoms with E-state index in [9.17, 15) is 0 Å². The van der Waals surface area contributed by atoms with E-state index in [1.165, 1.54) is 6.33 Å². The van der Waals surface area contributed by atoms with Crippen molar-refractivity contribution in [2.24, 2.45) is 5.84 Å². The molecule has 0 fully saturated rings. The van der Waals surface area contributed by atoms with Crippen molar-refractivity contribution >= 4 is 11.6 Å². The molecule has 1 aromatic carbocycles. The van der Waals surface area contributed by atoms with E-state index in [1.54, 1.807) is 0 Å². The highest BCUT2D eigenvalue weighted by Gasteiger charge is 2.04. The zero-order valence-corrected chi connectivity index (χ0v) is 10.8. The van der Waals surface area contributed by atoms with Gasteiger partial charge in [0.05, 0.1) is 6.54 Å². The van der Waals surface area contributed by atoms with E-state index in [-0.39, 0.29) is 0 Å². The molecule has 2 rings (SSSR count). The first-order valence-corrected chi connectivity index (χ1v) is 6.01. The van der Waals surface area contributed by atoms with Crippen molar-refractivity contribution in [1.82, 2.24) is 9.97 Å². The summed E-state index contributed by atoms with van der Waals surface area (Å²) in [5, 5.41) is 3.19. The summed E-state index contributed by atoms with van der Waals surface area (Å²) in [4.78, 5) is 8.17. The third kappa shape index (κ3) is 3.56. The van der Waals surface area contributed by atoms with Crippen LogP contribution in [-0.4, -0.2) is 23.1 Å². The highest BCUT2D eigenvalue weighted by molar-refractivity contribution is 5.55. The average molecular weight is 259 g/mol. The highest BCUT2D eigenvalue weighted by atomic mass is 16.5. The normalized spacial score (nSPS) is 10.0. The molecule has 0 amide bonds. The predicted octanol–water partition coefficient (Wildman–Crippen LogP) is 1.56. The maximum absolute atomic E-state index is 5.58. The van der Waals surface area contributed by atoms with Gasteiger partial charge in [0.2, 0.25) is 0 Å². The van der Waals surface area contributed by atoms with Crippen LogP contribution in [-0.2, 0) is 0 Å². The molecular formula is C13H17N5O. The number of hydrazine groups is 1. The fourth-order valence-corrected chi connectivity index (χ4v) is 1.63.